The van der Waals surface area contributed by atoms with E-state index in [1.54, 1.807) is 6.26 Å². The summed E-state index contributed by atoms with van der Waals surface area (Å²) in [6, 6.07) is 44.1. The van der Waals surface area contributed by atoms with Gasteiger partial charge in [-0.3, -0.25) is 0 Å². The van der Waals surface area contributed by atoms with Crippen LogP contribution < -0.4 is 0 Å². The number of ether oxygens (including phenoxy) is 2. The molecule has 4 aromatic carbocycles. The predicted octanol–water partition coefficient (Wildman–Crippen LogP) is 9.71. The number of unbranched alkanes of at least 4 members (excludes halogenated alkanes) is 3. The molecule has 0 fully saturated rings. The summed E-state index contributed by atoms with van der Waals surface area (Å²) in [7, 11) is 0. The molecule has 0 bridgehead atoms. The summed E-state index contributed by atoms with van der Waals surface area (Å²) < 4.78 is 12.6. The highest BCUT2D eigenvalue weighted by atomic mass is 16.5. The van der Waals surface area contributed by atoms with E-state index in [9.17, 15) is 0 Å². The van der Waals surface area contributed by atoms with Crippen molar-refractivity contribution >= 4 is 0 Å². The SMILES string of the molecule is CC=COCCOC(CCCCCC)C(c1ccccc1)C(c1ccccc1)(c1ccccc1)c1ccccc1. The minimum Gasteiger partial charge on any atom is -0.499 e. The molecule has 0 amide bonds. The third kappa shape index (κ3) is 7.11. The van der Waals surface area contributed by atoms with E-state index in [1.807, 2.05) is 13.0 Å². The number of allylic oxidation sites excluding steroid dienone is 1. The Morgan fingerprint density at radius 3 is 1.60 bits per heavy atom. The summed E-state index contributed by atoms with van der Waals surface area (Å²) >= 11 is 0. The van der Waals surface area contributed by atoms with Gasteiger partial charge in [0.2, 0.25) is 0 Å². The second kappa shape index (κ2) is 15.8. The largest absolute Gasteiger partial charge is 0.499 e. The molecule has 2 nitrogen and oxygen atoms in total. The van der Waals surface area contributed by atoms with Crippen molar-refractivity contribution in [3.63, 3.8) is 0 Å². The fraction of sp³-hybridized carbons (Fsp3) is 0.316. The van der Waals surface area contributed by atoms with Gasteiger partial charge in [0.05, 0.1) is 24.4 Å². The molecule has 0 spiro atoms. The van der Waals surface area contributed by atoms with Crippen LogP contribution in [-0.4, -0.2) is 19.3 Å². The molecule has 4 aromatic rings. The average Bonchev–Trinajstić information content (AvgIpc) is 3.03. The van der Waals surface area contributed by atoms with E-state index in [2.05, 4.69) is 128 Å². The van der Waals surface area contributed by atoms with Gasteiger partial charge in [0.1, 0.15) is 6.61 Å². The van der Waals surface area contributed by atoms with Crippen molar-refractivity contribution < 1.29 is 9.47 Å². The van der Waals surface area contributed by atoms with E-state index in [-0.39, 0.29) is 12.0 Å². The average molecular weight is 533 g/mol. The molecule has 2 unspecified atom stereocenters. The molecule has 0 saturated heterocycles. The molecule has 4 rings (SSSR count). The topological polar surface area (TPSA) is 18.5 Å². The zero-order valence-corrected chi connectivity index (χ0v) is 24.1. The molecule has 2 heteroatoms. The third-order valence-corrected chi connectivity index (χ3v) is 7.79. The van der Waals surface area contributed by atoms with Gasteiger partial charge < -0.3 is 9.47 Å². The quantitative estimate of drug-likeness (QED) is 0.0812. The first-order chi connectivity index (χ1) is 19.8. The van der Waals surface area contributed by atoms with Crippen LogP contribution in [0.2, 0.25) is 0 Å². The fourth-order valence-corrected chi connectivity index (χ4v) is 6.08. The van der Waals surface area contributed by atoms with Crippen LogP contribution in [0.15, 0.2) is 134 Å². The molecular weight excluding hydrogens is 488 g/mol. The molecule has 0 aliphatic heterocycles. The minimum absolute atomic E-state index is 0.0194. The van der Waals surface area contributed by atoms with Gasteiger partial charge in [-0.15, -0.1) is 0 Å². The second-order valence-electron chi connectivity index (χ2n) is 10.4. The van der Waals surface area contributed by atoms with E-state index in [0.29, 0.717) is 13.2 Å². The van der Waals surface area contributed by atoms with Crippen molar-refractivity contribution in [1.82, 2.24) is 0 Å². The molecule has 2 atom stereocenters. The van der Waals surface area contributed by atoms with Crippen LogP contribution in [0.1, 0.15) is 74.1 Å². The Morgan fingerprint density at radius 2 is 1.12 bits per heavy atom. The molecule has 0 aromatic heterocycles. The van der Waals surface area contributed by atoms with Crippen LogP contribution in [0, 0.1) is 0 Å². The molecule has 0 aliphatic carbocycles. The Balaban J connectivity index is 1.96. The van der Waals surface area contributed by atoms with Crippen molar-refractivity contribution in [1.29, 1.82) is 0 Å². The smallest absolute Gasteiger partial charge is 0.111 e. The van der Waals surface area contributed by atoms with Crippen molar-refractivity contribution in [2.75, 3.05) is 13.2 Å². The van der Waals surface area contributed by atoms with E-state index in [0.717, 1.165) is 12.8 Å². The Labute approximate surface area is 241 Å². The standard InChI is InChI=1S/C38H44O2/c1-3-5-6-19-28-36(40-31-30-39-29-4-2)37(32-20-11-7-12-21-32)38(33-22-13-8-14-23-33,34-24-15-9-16-25-34)35-26-17-10-18-27-35/h4,7-18,20-27,29,36-37H,3,5-6,19,28,30-31H2,1-2H3. The van der Waals surface area contributed by atoms with Crippen LogP contribution in [0.5, 0.6) is 0 Å². The normalized spacial score (nSPS) is 13.2. The van der Waals surface area contributed by atoms with Gasteiger partial charge in [0.15, 0.2) is 0 Å². The zero-order valence-electron chi connectivity index (χ0n) is 24.1. The molecule has 40 heavy (non-hydrogen) atoms. The number of hydrogen-bond acceptors (Lipinski definition) is 2. The summed E-state index contributed by atoms with van der Waals surface area (Å²) in [6.07, 6.45) is 9.43. The maximum atomic E-state index is 6.90. The third-order valence-electron chi connectivity index (χ3n) is 7.79. The highest BCUT2D eigenvalue weighted by Gasteiger charge is 2.48. The molecule has 0 aliphatic rings. The van der Waals surface area contributed by atoms with Gasteiger partial charge in [0.25, 0.3) is 0 Å². The number of benzene rings is 4. The summed E-state index contributed by atoms with van der Waals surface area (Å²) in [5.74, 6) is 0.0317. The summed E-state index contributed by atoms with van der Waals surface area (Å²) in [4.78, 5) is 0. The van der Waals surface area contributed by atoms with Gasteiger partial charge >= 0.3 is 0 Å². The van der Waals surface area contributed by atoms with Crippen molar-refractivity contribution in [3.8, 4) is 0 Å². The van der Waals surface area contributed by atoms with Gasteiger partial charge in [-0.2, -0.15) is 0 Å². The van der Waals surface area contributed by atoms with Gasteiger partial charge in [-0.25, -0.2) is 0 Å². The molecule has 0 heterocycles. The van der Waals surface area contributed by atoms with E-state index < -0.39 is 5.41 Å². The Hall–Kier alpha value is -3.62. The maximum absolute atomic E-state index is 6.90. The first kappa shape index (κ1) is 29.4. The van der Waals surface area contributed by atoms with Crippen LogP contribution >= 0.6 is 0 Å². The van der Waals surface area contributed by atoms with Crippen molar-refractivity contribution in [2.45, 2.75) is 63.4 Å². The lowest BCUT2D eigenvalue weighted by Crippen LogP contribution is -2.43. The first-order valence-electron chi connectivity index (χ1n) is 14.9. The van der Waals surface area contributed by atoms with Gasteiger partial charge in [-0.05, 0) is 35.6 Å². The molecule has 0 saturated carbocycles. The van der Waals surface area contributed by atoms with Crippen molar-refractivity contribution in [3.05, 3.63) is 156 Å². The lowest BCUT2D eigenvalue weighted by atomic mass is 9.58. The lowest BCUT2D eigenvalue weighted by Gasteiger charge is -2.46. The molecule has 208 valence electrons. The Morgan fingerprint density at radius 1 is 0.625 bits per heavy atom. The van der Waals surface area contributed by atoms with E-state index >= 15 is 0 Å². The monoisotopic (exact) mass is 532 g/mol. The summed E-state index contributed by atoms with van der Waals surface area (Å²) in [6.45, 7) is 5.31. The van der Waals surface area contributed by atoms with Crippen molar-refractivity contribution in [2.24, 2.45) is 0 Å². The van der Waals surface area contributed by atoms with Crippen LogP contribution in [0.4, 0.5) is 0 Å². The maximum Gasteiger partial charge on any atom is 0.111 e. The van der Waals surface area contributed by atoms with Gasteiger partial charge in [-0.1, -0.05) is 160 Å². The van der Waals surface area contributed by atoms with E-state index in [1.165, 1.54) is 41.5 Å². The minimum atomic E-state index is -0.468. The first-order valence-corrected chi connectivity index (χ1v) is 14.9. The molecule has 0 N–H and O–H groups in total. The number of hydrogen-bond donors (Lipinski definition) is 0. The summed E-state index contributed by atoms with van der Waals surface area (Å²) in [5.41, 5.74) is 4.63. The zero-order chi connectivity index (χ0) is 27.9. The summed E-state index contributed by atoms with van der Waals surface area (Å²) in [5, 5.41) is 0. The second-order valence-corrected chi connectivity index (χ2v) is 10.4. The molecular formula is C38H44O2. The predicted molar refractivity (Wildman–Crippen MR) is 168 cm³/mol. The van der Waals surface area contributed by atoms with Crippen LogP contribution in [-0.2, 0) is 14.9 Å². The molecule has 0 radical (unpaired) electrons. The number of rotatable bonds is 16. The Kier molecular flexibility index (Phi) is 11.6. The fourth-order valence-electron chi connectivity index (χ4n) is 6.08. The Bertz CT molecular complexity index is 1140. The van der Waals surface area contributed by atoms with Crippen LogP contribution in [0.3, 0.4) is 0 Å². The van der Waals surface area contributed by atoms with E-state index in [4.69, 9.17) is 9.47 Å². The van der Waals surface area contributed by atoms with Gasteiger partial charge in [0, 0.05) is 5.92 Å². The lowest BCUT2D eigenvalue weighted by molar-refractivity contribution is -0.00507. The highest BCUT2D eigenvalue weighted by Crippen LogP contribution is 2.52. The van der Waals surface area contributed by atoms with Crippen LogP contribution in [0.25, 0.3) is 0 Å². The highest BCUT2D eigenvalue weighted by molar-refractivity contribution is 5.55.